The van der Waals surface area contributed by atoms with E-state index in [0.29, 0.717) is 37.1 Å². The van der Waals surface area contributed by atoms with Crippen molar-refractivity contribution in [1.29, 1.82) is 0 Å². The molecular weight excluding hydrogens is 512 g/mol. The number of aryl methyl sites for hydroxylation is 2. The lowest BCUT2D eigenvalue weighted by atomic mass is 9.98. The van der Waals surface area contributed by atoms with Crippen molar-refractivity contribution < 1.29 is 24.0 Å². The lowest BCUT2D eigenvalue weighted by molar-refractivity contribution is -0.136. The number of carbonyl (C=O) groups is 5. The monoisotopic (exact) mass is 548 g/mol. The van der Waals surface area contributed by atoms with E-state index in [1.165, 1.54) is 0 Å². The number of urea groups is 1. The molecule has 1 atom stereocenters. The first-order valence-electron chi connectivity index (χ1n) is 13.8. The molecule has 11 nitrogen and oxygen atoms in total. The number of nitrogens with zero attached hydrogens (tertiary/aromatic N) is 5. The Morgan fingerprint density at radius 2 is 1.77 bits per heavy atom. The van der Waals surface area contributed by atoms with Crippen LogP contribution in [0.15, 0.2) is 30.6 Å². The summed E-state index contributed by atoms with van der Waals surface area (Å²) >= 11 is 0. The van der Waals surface area contributed by atoms with Crippen LogP contribution in [-0.2, 0) is 22.4 Å². The topological polar surface area (TPSA) is 125 Å². The van der Waals surface area contributed by atoms with E-state index >= 15 is 0 Å². The molecule has 0 radical (unpaired) electrons. The molecule has 4 heterocycles. The molecular formula is C29H36N6O5. The second kappa shape index (κ2) is 10.5. The number of imide groups is 2. The molecule has 1 aromatic carbocycles. The molecule has 0 aliphatic carbocycles. The SMILES string of the molecule is CN(C(=O)N1CCC(n2cc(CCc3cccc4c3C(=O)N(C3CCC(=O)NC3=O)C4=O)cn2)CC1)C(C)(C)C. The maximum absolute atomic E-state index is 13.3. The zero-order valence-corrected chi connectivity index (χ0v) is 23.5. The second-order valence-corrected chi connectivity index (χ2v) is 11.8. The summed E-state index contributed by atoms with van der Waals surface area (Å²) in [7, 11) is 1.84. The lowest BCUT2D eigenvalue weighted by Gasteiger charge is -2.39. The average molecular weight is 549 g/mol. The van der Waals surface area contributed by atoms with E-state index in [4.69, 9.17) is 0 Å². The summed E-state index contributed by atoms with van der Waals surface area (Å²) in [6.45, 7) is 7.42. The molecule has 1 aromatic heterocycles. The van der Waals surface area contributed by atoms with E-state index in [1.54, 1.807) is 17.0 Å². The first-order chi connectivity index (χ1) is 19.0. The molecule has 2 fully saturated rings. The fourth-order valence-corrected chi connectivity index (χ4v) is 5.60. The minimum absolute atomic E-state index is 0.0479. The molecule has 3 aliphatic rings. The van der Waals surface area contributed by atoms with Crippen LogP contribution in [0.5, 0.6) is 0 Å². The van der Waals surface area contributed by atoms with Crippen LogP contribution in [0, 0.1) is 0 Å². The molecule has 3 aliphatic heterocycles. The van der Waals surface area contributed by atoms with Crippen LogP contribution < -0.4 is 5.32 Å². The Balaban J connectivity index is 1.21. The van der Waals surface area contributed by atoms with Crippen molar-refractivity contribution in [2.75, 3.05) is 20.1 Å². The zero-order chi connectivity index (χ0) is 28.8. The maximum Gasteiger partial charge on any atom is 0.320 e. The quantitative estimate of drug-likeness (QED) is 0.573. The minimum atomic E-state index is -0.980. The Labute approximate surface area is 233 Å². The Hall–Kier alpha value is -4.02. The fourth-order valence-electron chi connectivity index (χ4n) is 5.60. The van der Waals surface area contributed by atoms with Crippen molar-refractivity contribution in [3.05, 3.63) is 52.8 Å². The molecule has 2 saturated heterocycles. The minimum Gasteiger partial charge on any atom is -0.324 e. The van der Waals surface area contributed by atoms with Gasteiger partial charge in [-0.3, -0.25) is 34.1 Å². The van der Waals surface area contributed by atoms with Gasteiger partial charge in [0.05, 0.1) is 23.4 Å². The number of carbonyl (C=O) groups excluding carboxylic acids is 5. The number of aromatic nitrogens is 2. The highest BCUT2D eigenvalue weighted by atomic mass is 16.2. The first-order valence-corrected chi connectivity index (χ1v) is 13.8. The van der Waals surface area contributed by atoms with Crippen LogP contribution in [-0.4, -0.2) is 85.9 Å². The number of amides is 6. The van der Waals surface area contributed by atoms with Gasteiger partial charge in [-0.25, -0.2) is 4.79 Å². The predicted octanol–water partition coefficient (Wildman–Crippen LogP) is 2.56. The summed E-state index contributed by atoms with van der Waals surface area (Å²) in [6, 6.07) is 4.48. The summed E-state index contributed by atoms with van der Waals surface area (Å²) < 4.78 is 1.97. The smallest absolute Gasteiger partial charge is 0.320 e. The third kappa shape index (κ3) is 5.12. The summed E-state index contributed by atoms with van der Waals surface area (Å²) in [6.07, 6.45) is 6.88. The normalized spacial score (nSPS) is 20.1. The van der Waals surface area contributed by atoms with Gasteiger partial charge < -0.3 is 9.80 Å². The Bertz CT molecular complexity index is 1370. The number of likely N-dealkylation sites (tertiary alicyclic amines) is 1. The van der Waals surface area contributed by atoms with Gasteiger partial charge in [0.1, 0.15) is 6.04 Å². The van der Waals surface area contributed by atoms with Gasteiger partial charge in [0.2, 0.25) is 11.8 Å². The Kier molecular flexibility index (Phi) is 7.24. The van der Waals surface area contributed by atoms with E-state index in [2.05, 4.69) is 10.4 Å². The molecule has 6 amide bonds. The molecule has 1 N–H and O–H groups in total. The molecule has 11 heteroatoms. The molecule has 0 saturated carbocycles. The molecule has 212 valence electrons. The van der Waals surface area contributed by atoms with E-state index in [1.807, 2.05) is 55.9 Å². The molecule has 5 rings (SSSR count). The van der Waals surface area contributed by atoms with Crippen molar-refractivity contribution in [3.63, 3.8) is 0 Å². The van der Waals surface area contributed by atoms with Gasteiger partial charge in [0.25, 0.3) is 11.8 Å². The molecule has 0 spiro atoms. The number of rotatable bonds is 5. The largest absolute Gasteiger partial charge is 0.324 e. The van der Waals surface area contributed by atoms with Crippen LogP contribution in [0.1, 0.15) is 84.3 Å². The van der Waals surface area contributed by atoms with Crippen molar-refractivity contribution >= 4 is 29.7 Å². The number of benzene rings is 1. The van der Waals surface area contributed by atoms with Gasteiger partial charge in [-0.05, 0) is 70.1 Å². The van der Waals surface area contributed by atoms with Gasteiger partial charge in [-0.15, -0.1) is 0 Å². The highest BCUT2D eigenvalue weighted by Crippen LogP contribution is 2.31. The Morgan fingerprint density at radius 3 is 2.45 bits per heavy atom. The highest BCUT2D eigenvalue weighted by Gasteiger charge is 2.45. The number of hydrogen-bond acceptors (Lipinski definition) is 6. The van der Waals surface area contributed by atoms with Gasteiger partial charge >= 0.3 is 6.03 Å². The third-order valence-corrected chi connectivity index (χ3v) is 8.29. The number of nitrogens with one attached hydrogen (secondary N) is 1. The standard InChI is InChI=1S/C29H36N6O5/c1-29(2,3)32(4)28(40)33-14-12-20(13-15-33)34-17-18(16-30-34)8-9-19-6-5-7-21-24(19)27(39)35(26(21)38)22-10-11-23(36)31-25(22)37/h5-7,16-17,20,22H,8-15H2,1-4H3,(H,31,36,37). The van der Waals surface area contributed by atoms with Crippen LogP contribution >= 0.6 is 0 Å². The third-order valence-electron chi connectivity index (χ3n) is 8.29. The van der Waals surface area contributed by atoms with Crippen molar-refractivity contribution in [1.82, 2.24) is 29.8 Å². The van der Waals surface area contributed by atoms with Crippen LogP contribution in [0.3, 0.4) is 0 Å². The molecule has 1 unspecified atom stereocenters. The second-order valence-electron chi connectivity index (χ2n) is 11.8. The molecule has 2 aromatic rings. The zero-order valence-electron chi connectivity index (χ0n) is 23.5. The van der Waals surface area contributed by atoms with Gasteiger partial charge in [-0.2, -0.15) is 5.10 Å². The van der Waals surface area contributed by atoms with E-state index in [-0.39, 0.29) is 30.5 Å². The van der Waals surface area contributed by atoms with Crippen LogP contribution in [0.4, 0.5) is 4.79 Å². The van der Waals surface area contributed by atoms with E-state index in [0.717, 1.165) is 28.9 Å². The van der Waals surface area contributed by atoms with Crippen molar-refractivity contribution in [2.24, 2.45) is 0 Å². The van der Waals surface area contributed by atoms with E-state index in [9.17, 15) is 24.0 Å². The van der Waals surface area contributed by atoms with Crippen molar-refractivity contribution in [2.45, 2.75) is 76.9 Å². The number of piperidine rings is 2. The Morgan fingerprint density at radius 1 is 1.05 bits per heavy atom. The van der Waals surface area contributed by atoms with Gasteiger partial charge in [-0.1, -0.05) is 12.1 Å². The van der Waals surface area contributed by atoms with E-state index < -0.39 is 29.7 Å². The van der Waals surface area contributed by atoms with Gasteiger partial charge in [0.15, 0.2) is 0 Å². The molecule has 0 bridgehead atoms. The van der Waals surface area contributed by atoms with Crippen LogP contribution in [0.25, 0.3) is 0 Å². The lowest BCUT2D eigenvalue weighted by Crippen LogP contribution is -2.54. The van der Waals surface area contributed by atoms with Crippen LogP contribution in [0.2, 0.25) is 0 Å². The summed E-state index contributed by atoms with van der Waals surface area (Å²) in [5, 5.41) is 6.81. The summed E-state index contributed by atoms with van der Waals surface area (Å²) in [5.74, 6) is -2.00. The summed E-state index contributed by atoms with van der Waals surface area (Å²) in [5.41, 5.74) is 2.16. The first kappa shape index (κ1) is 27.5. The molecule has 40 heavy (non-hydrogen) atoms. The fraction of sp³-hybridized carbons (Fsp3) is 0.517. The average Bonchev–Trinajstić information content (AvgIpc) is 3.49. The summed E-state index contributed by atoms with van der Waals surface area (Å²) in [4.78, 5) is 67.9. The van der Waals surface area contributed by atoms with Gasteiger partial charge in [0, 0.05) is 38.3 Å². The van der Waals surface area contributed by atoms with Crippen molar-refractivity contribution in [3.8, 4) is 0 Å². The number of hydrogen-bond donors (Lipinski definition) is 1. The predicted molar refractivity (Wildman–Crippen MR) is 146 cm³/mol. The highest BCUT2D eigenvalue weighted by molar-refractivity contribution is 6.24. The maximum atomic E-state index is 13.3. The number of fused-ring (bicyclic) bond motifs is 1.